The van der Waals surface area contributed by atoms with Crippen molar-refractivity contribution in [3.63, 3.8) is 0 Å². The normalized spacial score (nSPS) is 10.4. The minimum atomic E-state index is -4.07. The van der Waals surface area contributed by atoms with Crippen molar-refractivity contribution in [3.05, 3.63) is 0 Å². The number of hydrogen-bond donors (Lipinski definition) is 0. The summed E-state index contributed by atoms with van der Waals surface area (Å²) in [6.45, 7) is 0. The van der Waals surface area contributed by atoms with Crippen molar-refractivity contribution >= 4 is 40.3 Å². The molecule has 0 aromatic carbocycles. The van der Waals surface area contributed by atoms with Gasteiger partial charge in [-0.05, 0) is 0 Å². The zero-order valence-corrected chi connectivity index (χ0v) is 9.90. The van der Waals surface area contributed by atoms with E-state index >= 15 is 0 Å². The second-order valence-electron chi connectivity index (χ2n) is 0.585. The molecule has 0 aliphatic carbocycles. The fourth-order valence-corrected chi connectivity index (χ4v) is 0.862. The van der Waals surface area contributed by atoms with Gasteiger partial charge < -0.3 is 4.89 Å². The van der Waals surface area contributed by atoms with E-state index in [-0.39, 0.29) is 29.6 Å². The number of rotatable bonds is 2. The van der Waals surface area contributed by atoms with Crippen molar-refractivity contribution in [3.8, 4) is 0 Å². The monoisotopic (exact) mass is 276 g/mol. The Balaban J connectivity index is 0. The van der Waals surface area contributed by atoms with Crippen LogP contribution in [0.1, 0.15) is 0 Å². The Morgan fingerprint density at radius 1 is 1.38 bits per heavy atom. The summed E-state index contributed by atoms with van der Waals surface area (Å²) in [5, 5.41) is 0. The molecule has 0 unspecified atom stereocenters. The van der Waals surface area contributed by atoms with E-state index in [1.165, 1.54) is 0 Å². The summed E-state index contributed by atoms with van der Waals surface area (Å²) in [5.74, 6) is 0. The van der Waals surface area contributed by atoms with Gasteiger partial charge in [-0.15, -0.1) is 0 Å². The SMILES string of the molecule is O=P([O-])(OBr)OBr.[Na+]. The van der Waals surface area contributed by atoms with Crippen LogP contribution in [-0.4, -0.2) is 0 Å². The van der Waals surface area contributed by atoms with Crippen LogP contribution < -0.4 is 34.5 Å². The zero-order chi connectivity index (χ0) is 5.91. The van der Waals surface area contributed by atoms with E-state index in [4.69, 9.17) is 0 Å². The average molecular weight is 278 g/mol. The summed E-state index contributed by atoms with van der Waals surface area (Å²) in [7, 11) is -4.07. The molecule has 0 amide bonds. The van der Waals surface area contributed by atoms with Crippen LogP contribution >= 0.6 is 40.3 Å². The minimum absolute atomic E-state index is 0. The van der Waals surface area contributed by atoms with E-state index in [0.717, 1.165) is 0 Å². The Labute approximate surface area is 85.7 Å². The molecular weight excluding hydrogens is 278 g/mol. The van der Waals surface area contributed by atoms with Gasteiger partial charge in [0, 0.05) is 0 Å². The molecule has 0 radical (unpaired) electrons. The fraction of sp³-hybridized carbons (Fsp3) is 0. The van der Waals surface area contributed by atoms with E-state index in [1.807, 2.05) is 0 Å². The summed E-state index contributed by atoms with van der Waals surface area (Å²) in [6, 6.07) is 0. The van der Waals surface area contributed by atoms with Gasteiger partial charge in [-0.1, -0.05) is 0 Å². The molecule has 0 saturated heterocycles. The molecule has 44 valence electrons. The van der Waals surface area contributed by atoms with Crippen molar-refractivity contribution < 1.29 is 46.2 Å². The van der Waals surface area contributed by atoms with E-state index in [2.05, 4.69) is 39.7 Å². The van der Waals surface area contributed by atoms with Gasteiger partial charge in [0.25, 0.3) is 7.82 Å². The molecule has 0 bridgehead atoms. The fourth-order valence-electron chi connectivity index (χ4n) is 0.0106. The van der Waals surface area contributed by atoms with Gasteiger partial charge in [0.05, 0.1) is 0 Å². The minimum Gasteiger partial charge on any atom is -0.755 e. The quantitative estimate of drug-likeness (QED) is 0.438. The first-order chi connectivity index (χ1) is 3.12. The first-order valence-electron chi connectivity index (χ1n) is 1.04. The van der Waals surface area contributed by atoms with Crippen molar-refractivity contribution in [2.45, 2.75) is 0 Å². The van der Waals surface area contributed by atoms with Gasteiger partial charge in [-0.2, -0.15) is 0 Å². The first kappa shape index (κ1) is 12.7. The summed E-state index contributed by atoms with van der Waals surface area (Å²) in [4.78, 5) is 9.86. The molecule has 8 heteroatoms. The summed E-state index contributed by atoms with van der Waals surface area (Å²) >= 11 is 4.40. The van der Waals surface area contributed by atoms with Crippen LogP contribution in [0.2, 0.25) is 0 Å². The Morgan fingerprint density at radius 2 is 1.62 bits per heavy atom. The Bertz CT molecular complexity index is 86.0. The molecule has 0 spiro atoms. The third-order valence-corrected chi connectivity index (χ3v) is 2.63. The molecule has 0 fully saturated rings. The van der Waals surface area contributed by atoms with Gasteiger partial charge in [-0.25, -0.2) is 7.23 Å². The van der Waals surface area contributed by atoms with Crippen LogP contribution in [0.15, 0.2) is 0 Å². The molecule has 0 atom stereocenters. The van der Waals surface area contributed by atoms with E-state index in [0.29, 0.717) is 0 Å². The van der Waals surface area contributed by atoms with Crippen LogP contribution in [0, 0.1) is 0 Å². The van der Waals surface area contributed by atoms with Crippen LogP contribution in [0.5, 0.6) is 0 Å². The predicted octanol–water partition coefficient (Wildman–Crippen LogP) is -1.89. The van der Waals surface area contributed by atoms with Crippen molar-refractivity contribution in [2.75, 3.05) is 0 Å². The molecule has 0 rings (SSSR count). The third kappa shape index (κ3) is 6.19. The molecule has 0 aliphatic rings. The topological polar surface area (TPSA) is 58.6 Å². The van der Waals surface area contributed by atoms with Gasteiger partial charge in [-0.3, -0.25) is 4.57 Å². The largest absolute Gasteiger partial charge is 1.00 e. The average Bonchev–Trinajstić information content (AvgIpc) is 1.68. The Morgan fingerprint density at radius 3 is 1.62 bits per heavy atom. The maximum absolute atomic E-state index is 9.86. The smallest absolute Gasteiger partial charge is 0.755 e. The van der Waals surface area contributed by atoms with E-state index in [9.17, 15) is 9.46 Å². The van der Waals surface area contributed by atoms with Gasteiger partial charge in [0.15, 0.2) is 0 Å². The third-order valence-electron chi connectivity index (χ3n) is 0.169. The molecule has 0 aromatic rings. The van der Waals surface area contributed by atoms with Crippen LogP contribution in [0.4, 0.5) is 0 Å². The molecule has 4 nitrogen and oxygen atoms in total. The van der Waals surface area contributed by atoms with Crippen LogP contribution in [-0.2, 0) is 11.8 Å². The van der Waals surface area contributed by atoms with Crippen LogP contribution in [0.3, 0.4) is 0 Å². The molecule has 0 aliphatic heterocycles. The Kier molecular flexibility index (Phi) is 9.26. The second-order valence-corrected chi connectivity index (χ2v) is 3.49. The number of hydrogen-bond acceptors (Lipinski definition) is 4. The summed E-state index contributed by atoms with van der Waals surface area (Å²) in [5.41, 5.74) is 0. The maximum atomic E-state index is 9.86. The first-order valence-corrected chi connectivity index (χ1v) is 3.79. The molecule has 8 heavy (non-hydrogen) atoms. The standard InChI is InChI=1S/Br2HO4P.Na/c1-5-7(3,4)6-2;/h(H,3,4);/q;+1/p-1. The molecule has 0 aromatic heterocycles. The Hall–Kier alpha value is 2.07. The van der Waals surface area contributed by atoms with Crippen molar-refractivity contribution in [2.24, 2.45) is 0 Å². The van der Waals surface area contributed by atoms with Crippen molar-refractivity contribution in [1.29, 1.82) is 0 Å². The summed E-state index contributed by atoms with van der Waals surface area (Å²) < 4.78 is 17.1. The maximum Gasteiger partial charge on any atom is 1.00 e. The molecular formula is Br2NaO4P. The second kappa shape index (κ2) is 5.82. The van der Waals surface area contributed by atoms with Gasteiger partial charge in [0.2, 0.25) is 0 Å². The van der Waals surface area contributed by atoms with Crippen LogP contribution in [0.25, 0.3) is 0 Å². The summed E-state index contributed by atoms with van der Waals surface area (Å²) in [6.07, 6.45) is 0. The molecule has 0 saturated carbocycles. The van der Waals surface area contributed by atoms with E-state index < -0.39 is 7.82 Å². The van der Waals surface area contributed by atoms with E-state index in [1.54, 1.807) is 0 Å². The van der Waals surface area contributed by atoms with Crippen molar-refractivity contribution in [1.82, 2.24) is 0 Å². The van der Waals surface area contributed by atoms with Gasteiger partial charge in [0.1, 0.15) is 32.5 Å². The number of phosphoric acid groups is 1. The molecule has 0 heterocycles. The zero-order valence-electron chi connectivity index (χ0n) is 3.84. The number of halogens is 2. The van der Waals surface area contributed by atoms with Gasteiger partial charge >= 0.3 is 29.6 Å². The predicted molar refractivity (Wildman–Crippen MR) is 27.6 cm³/mol. The molecule has 0 N–H and O–H groups in total.